The zero-order valence-corrected chi connectivity index (χ0v) is 15.4. The molecule has 0 fully saturated rings. The van der Waals surface area contributed by atoms with Crippen molar-refractivity contribution < 1.29 is 9.59 Å². The summed E-state index contributed by atoms with van der Waals surface area (Å²) >= 11 is 0. The Kier molecular flexibility index (Phi) is 20.2. The van der Waals surface area contributed by atoms with Gasteiger partial charge in [-0.2, -0.15) is 0 Å². The molecule has 4 nitrogen and oxygen atoms in total. The lowest BCUT2D eigenvalue weighted by Gasteiger charge is -2.21. The van der Waals surface area contributed by atoms with E-state index in [-0.39, 0.29) is 18.2 Å². The van der Waals surface area contributed by atoms with Crippen molar-refractivity contribution in [1.29, 1.82) is 0 Å². The SMILES string of the molecule is CC.CCC(CC(C)C)C(=O)N[C@H](C)CC(C)C.NC=O. The third kappa shape index (κ3) is 18.9. The van der Waals surface area contributed by atoms with Crippen LogP contribution < -0.4 is 11.1 Å². The lowest BCUT2D eigenvalue weighted by atomic mass is 9.93. The van der Waals surface area contributed by atoms with E-state index in [2.05, 4.69) is 52.6 Å². The molecule has 0 aliphatic heterocycles. The largest absolute Gasteiger partial charge is 0.372 e. The Morgan fingerprint density at radius 1 is 1.05 bits per heavy atom. The number of rotatable bonds is 7. The van der Waals surface area contributed by atoms with E-state index in [9.17, 15) is 4.79 Å². The van der Waals surface area contributed by atoms with Crippen molar-refractivity contribution in [3.63, 3.8) is 0 Å². The highest BCUT2D eigenvalue weighted by Crippen LogP contribution is 2.16. The van der Waals surface area contributed by atoms with Crippen LogP contribution >= 0.6 is 0 Å². The van der Waals surface area contributed by atoms with Crippen molar-refractivity contribution in [3.05, 3.63) is 0 Å². The van der Waals surface area contributed by atoms with Gasteiger partial charge < -0.3 is 11.1 Å². The highest BCUT2D eigenvalue weighted by atomic mass is 16.2. The maximum atomic E-state index is 12.0. The molecule has 0 saturated heterocycles. The summed E-state index contributed by atoms with van der Waals surface area (Å²) in [6, 6.07) is 0.300. The minimum Gasteiger partial charge on any atom is -0.372 e. The van der Waals surface area contributed by atoms with Gasteiger partial charge in [-0.1, -0.05) is 48.5 Å². The molecule has 0 saturated carbocycles. The Bertz CT molecular complexity index is 241. The standard InChI is InChI=1S/C14H29NO.C2H6.CH3NO/c1-7-13(9-11(4)5)14(16)15-12(6)8-10(2)3;1-2;2-1-3/h10-13H,7-9H2,1-6H3,(H,15,16);1-2H3;1H,(H2,2,3)/t12-,13?;;/m1../s1. The van der Waals surface area contributed by atoms with Crippen LogP contribution in [0.2, 0.25) is 0 Å². The number of carbonyl (C=O) groups excluding carboxylic acids is 2. The van der Waals surface area contributed by atoms with Gasteiger partial charge in [-0.15, -0.1) is 0 Å². The fourth-order valence-corrected chi connectivity index (χ4v) is 2.15. The molecule has 21 heavy (non-hydrogen) atoms. The summed E-state index contributed by atoms with van der Waals surface area (Å²) < 4.78 is 0. The van der Waals surface area contributed by atoms with Gasteiger partial charge in [0.25, 0.3) is 0 Å². The molecule has 0 aromatic heterocycles. The summed E-state index contributed by atoms with van der Waals surface area (Å²) in [6.07, 6.45) is 3.25. The Morgan fingerprint density at radius 3 is 1.71 bits per heavy atom. The Labute approximate surface area is 132 Å². The van der Waals surface area contributed by atoms with Gasteiger partial charge in [0.15, 0.2) is 0 Å². The first-order chi connectivity index (χ1) is 9.78. The van der Waals surface area contributed by atoms with Crippen LogP contribution in [-0.2, 0) is 9.59 Å². The van der Waals surface area contributed by atoms with Crippen LogP contribution in [0.3, 0.4) is 0 Å². The normalized spacial score (nSPS) is 12.5. The highest BCUT2D eigenvalue weighted by molar-refractivity contribution is 5.78. The summed E-state index contributed by atoms with van der Waals surface area (Å²) in [5.74, 6) is 1.66. The fraction of sp³-hybridized carbons (Fsp3) is 0.882. The topological polar surface area (TPSA) is 72.2 Å². The number of nitrogens with one attached hydrogen (secondary N) is 1. The molecular weight excluding hydrogens is 264 g/mol. The van der Waals surface area contributed by atoms with Crippen molar-refractivity contribution in [2.75, 3.05) is 0 Å². The molecule has 2 atom stereocenters. The average molecular weight is 303 g/mol. The van der Waals surface area contributed by atoms with Crippen LogP contribution in [-0.4, -0.2) is 18.4 Å². The zero-order valence-electron chi connectivity index (χ0n) is 15.4. The molecule has 4 heteroatoms. The van der Waals surface area contributed by atoms with E-state index in [1.165, 1.54) is 0 Å². The van der Waals surface area contributed by atoms with Gasteiger partial charge in [0.05, 0.1) is 0 Å². The quantitative estimate of drug-likeness (QED) is 0.703. The maximum absolute atomic E-state index is 12.0. The van der Waals surface area contributed by atoms with Crippen LogP contribution in [0, 0.1) is 17.8 Å². The van der Waals surface area contributed by atoms with E-state index in [1.807, 2.05) is 13.8 Å². The van der Waals surface area contributed by atoms with Crippen molar-refractivity contribution in [1.82, 2.24) is 5.32 Å². The van der Waals surface area contributed by atoms with Crippen LogP contribution in [0.4, 0.5) is 0 Å². The second kappa shape index (κ2) is 17.0. The predicted octanol–water partition coefficient (Wildman–Crippen LogP) is 3.74. The van der Waals surface area contributed by atoms with Crippen molar-refractivity contribution >= 4 is 12.3 Å². The van der Waals surface area contributed by atoms with Crippen LogP contribution in [0.5, 0.6) is 0 Å². The van der Waals surface area contributed by atoms with Crippen molar-refractivity contribution in [2.24, 2.45) is 23.5 Å². The highest BCUT2D eigenvalue weighted by Gasteiger charge is 2.19. The summed E-state index contributed by atoms with van der Waals surface area (Å²) in [7, 11) is 0. The van der Waals surface area contributed by atoms with Gasteiger partial charge in [0, 0.05) is 12.0 Å². The summed E-state index contributed by atoms with van der Waals surface area (Å²) in [5, 5.41) is 3.13. The average Bonchev–Trinajstić information content (AvgIpc) is 2.37. The van der Waals surface area contributed by atoms with Crippen molar-refractivity contribution in [2.45, 2.75) is 80.7 Å². The number of primary amides is 1. The predicted molar refractivity (Wildman–Crippen MR) is 91.9 cm³/mol. The minimum absolute atomic E-state index is 0.189. The summed E-state index contributed by atoms with van der Waals surface area (Å²) in [6.45, 7) is 16.9. The molecule has 0 aliphatic rings. The maximum Gasteiger partial charge on any atom is 0.223 e. The lowest BCUT2D eigenvalue weighted by Crippen LogP contribution is -2.38. The number of amides is 2. The molecule has 1 unspecified atom stereocenters. The van der Waals surface area contributed by atoms with Gasteiger partial charge in [-0.3, -0.25) is 9.59 Å². The van der Waals surface area contributed by atoms with E-state index in [0.29, 0.717) is 17.9 Å². The molecule has 0 spiro atoms. The molecule has 0 heterocycles. The Morgan fingerprint density at radius 2 is 1.43 bits per heavy atom. The molecule has 0 bridgehead atoms. The minimum atomic E-state index is 0.189. The fourth-order valence-electron chi connectivity index (χ4n) is 2.15. The third-order valence-corrected chi connectivity index (χ3v) is 2.83. The number of nitrogens with two attached hydrogens (primary N) is 1. The van der Waals surface area contributed by atoms with Gasteiger partial charge in [-0.05, 0) is 38.0 Å². The van der Waals surface area contributed by atoms with Crippen LogP contribution in [0.15, 0.2) is 0 Å². The molecule has 2 amide bonds. The first-order valence-electron chi connectivity index (χ1n) is 8.24. The number of hydrogen-bond acceptors (Lipinski definition) is 2. The lowest BCUT2D eigenvalue weighted by molar-refractivity contribution is -0.126. The molecule has 3 N–H and O–H groups in total. The molecular formula is C17H38N2O2. The van der Waals surface area contributed by atoms with Gasteiger partial charge in [0.1, 0.15) is 0 Å². The van der Waals surface area contributed by atoms with E-state index in [4.69, 9.17) is 4.79 Å². The molecule has 0 aromatic rings. The Balaban J connectivity index is -0.000000569. The van der Waals surface area contributed by atoms with Gasteiger partial charge in [0.2, 0.25) is 12.3 Å². The monoisotopic (exact) mass is 302 g/mol. The van der Waals surface area contributed by atoms with Gasteiger partial charge in [-0.25, -0.2) is 0 Å². The molecule has 128 valence electrons. The first-order valence-corrected chi connectivity index (χ1v) is 8.24. The Hall–Kier alpha value is -1.06. The molecule has 0 aliphatic carbocycles. The van der Waals surface area contributed by atoms with Gasteiger partial charge >= 0.3 is 0 Å². The van der Waals surface area contributed by atoms with E-state index >= 15 is 0 Å². The smallest absolute Gasteiger partial charge is 0.223 e. The zero-order chi connectivity index (χ0) is 17.4. The summed E-state index contributed by atoms with van der Waals surface area (Å²) in [5.41, 5.74) is 4.17. The van der Waals surface area contributed by atoms with E-state index in [1.54, 1.807) is 0 Å². The number of hydrogen-bond donors (Lipinski definition) is 2. The third-order valence-electron chi connectivity index (χ3n) is 2.83. The molecule has 0 aromatic carbocycles. The molecule has 0 rings (SSSR count). The first kappa shape index (κ1) is 24.9. The van der Waals surface area contributed by atoms with Crippen LogP contribution in [0.1, 0.15) is 74.7 Å². The second-order valence-electron chi connectivity index (χ2n) is 5.91. The second-order valence-corrected chi connectivity index (χ2v) is 5.91. The summed E-state index contributed by atoms with van der Waals surface area (Å²) in [4.78, 5) is 20.6. The van der Waals surface area contributed by atoms with E-state index < -0.39 is 0 Å². The van der Waals surface area contributed by atoms with Crippen LogP contribution in [0.25, 0.3) is 0 Å². The number of carbonyl (C=O) groups is 2. The molecule has 0 radical (unpaired) electrons. The van der Waals surface area contributed by atoms with E-state index in [0.717, 1.165) is 19.3 Å². The van der Waals surface area contributed by atoms with Crippen molar-refractivity contribution in [3.8, 4) is 0 Å².